The molecule has 0 atom stereocenters. The standard InChI is InChI=1S/C12H16ClNO2/c13-11-6-4-10(5-7-11)9-14-12(16)3-1-2-8-15/h4-7,15H,1-3,8-9H2,(H,14,16). The van der Waals surface area contributed by atoms with Crippen molar-refractivity contribution in [2.24, 2.45) is 0 Å². The molecular formula is C12H16ClNO2. The second kappa shape index (κ2) is 7.25. The molecular weight excluding hydrogens is 226 g/mol. The summed E-state index contributed by atoms with van der Waals surface area (Å²) in [7, 11) is 0. The maximum atomic E-state index is 11.3. The van der Waals surface area contributed by atoms with E-state index < -0.39 is 0 Å². The van der Waals surface area contributed by atoms with Crippen molar-refractivity contribution < 1.29 is 9.90 Å². The van der Waals surface area contributed by atoms with Crippen LogP contribution in [-0.4, -0.2) is 17.6 Å². The molecule has 88 valence electrons. The van der Waals surface area contributed by atoms with Crippen LogP contribution in [0.2, 0.25) is 5.02 Å². The Morgan fingerprint density at radius 3 is 2.56 bits per heavy atom. The molecule has 0 spiro atoms. The zero-order valence-corrected chi connectivity index (χ0v) is 9.83. The Morgan fingerprint density at radius 2 is 1.94 bits per heavy atom. The fourth-order valence-corrected chi connectivity index (χ4v) is 1.41. The highest BCUT2D eigenvalue weighted by Crippen LogP contribution is 2.09. The molecule has 0 aliphatic heterocycles. The van der Waals surface area contributed by atoms with E-state index in [-0.39, 0.29) is 12.5 Å². The van der Waals surface area contributed by atoms with Gasteiger partial charge in [0.2, 0.25) is 5.91 Å². The van der Waals surface area contributed by atoms with E-state index in [9.17, 15) is 4.79 Å². The number of benzene rings is 1. The number of rotatable bonds is 6. The number of aliphatic hydroxyl groups excluding tert-OH is 1. The van der Waals surface area contributed by atoms with Crippen LogP contribution in [0.5, 0.6) is 0 Å². The highest BCUT2D eigenvalue weighted by molar-refractivity contribution is 6.30. The molecule has 1 rings (SSSR count). The van der Waals surface area contributed by atoms with Crippen molar-refractivity contribution >= 4 is 17.5 Å². The highest BCUT2D eigenvalue weighted by Gasteiger charge is 2.00. The summed E-state index contributed by atoms with van der Waals surface area (Å²) in [6.07, 6.45) is 1.87. The van der Waals surface area contributed by atoms with Crippen molar-refractivity contribution in [3.05, 3.63) is 34.9 Å². The van der Waals surface area contributed by atoms with Crippen LogP contribution in [0.1, 0.15) is 24.8 Å². The molecule has 1 amide bonds. The van der Waals surface area contributed by atoms with Crippen LogP contribution in [0, 0.1) is 0 Å². The second-order valence-electron chi connectivity index (χ2n) is 3.58. The van der Waals surface area contributed by atoms with Gasteiger partial charge in [-0.15, -0.1) is 0 Å². The molecule has 4 heteroatoms. The van der Waals surface area contributed by atoms with E-state index in [2.05, 4.69) is 5.32 Å². The first-order valence-electron chi connectivity index (χ1n) is 5.34. The Bertz CT molecular complexity index is 324. The Kier molecular flexibility index (Phi) is 5.90. The van der Waals surface area contributed by atoms with E-state index in [1.54, 1.807) is 12.1 Å². The zero-order chi connectivity index (χ0) is 11.8. The first kappa shape index (κ1) is 13.0. The molecule has 0 saturated heterocycles. The van der Waals surface area contributed by atoms with Crippen LogP contribution in [-0.2, 0) is 11.3 Å². The molecule has 0 radical (unpaired) electrons. The van der Waals surface area contributed by atoms with Gasteiger partial charge in [0.15, 0.2) is 0 Å². The molecule has 3 nitrogen and oxygen atoms in total. The average Bonchev–Trinajstić information content (AvgIpc) is 2.29. The minimum atomic E-state index is 0.0170. The van der Waals surface area contributed by atoms with E-state index in [1.807, 2.05) is 12.1 Å². The molecule has 16 heavy (non-hydrogen) atoms. The van der Waals surface area contributed by atoms with Gasteiger partial charge in [-0.1, -0.05) is 23.7 Å². The summed E-state index contributed by atoms with van der Waals surface area (Å²) in [6.45, 7) is 0.666. The maximum Gasteiger partial charge on any atom is 0.220 e. The minimum absolute atomic E-state index is 0.0170. The number of carbonyl (C=O) groups excluding carboxylic acids is 1. The summed E-state index contributed by atoms with van der Waals surface area (Å²) in [5, 5.41) is 12.1. The van der Waals surface area contributed by atoms with Crippen molar-refractivity contribution in [3.8, 4) is 0 Å². The van der Waals surface area contributed by atoms with Gasteiger partial charge in [0, 0.05) is 24.6 Å². The quantitative estimate of drug-likeness (QED) is 0.750. The molecule has 0 aromatic heterocycles. The van der Waals surface area contributed by atoms with Crippen LogP contribution in [0.3, 0.4) is 0 Å². The van der Waals surface area contributed by atoms with E-state index >= 15 is 0 Å². The third kappa shape index (κ3) is 5.14. The predicted molar refractivity (Wildman–Crippen MR) is 64.2 cm³/mol. The maximum absolute atomic E-state index is 11.3. The third-order valence-electron chi connectivity index (χ3n) is 2.21. The van der Waals surface area contributed by atoms with E-state index in [0.717, 1.165) is 12.0 Å². The number of halogens is 1. The van der Waals surface area contributed by atoms with Crippen LogP contribution in [0.4, 0.5) is 0 Å². The zero-order valence-electron chi connectivity index (χ0n) is 9.08. The lowest BCUT2D eigenvalue weighted by Gasteiger charge is -2.05. The number of hydrogen-bond donors (Lipinski definition) is 2. The molecule has 1 aromatic carbocycles. The first-order valence-corrected chi connectivity index (χ1v) is 5.72. The lowest BCUT2D eigenvalue weighted by molar-refractivity contribution is -0.121. The van der Waals surface area contributed by atoms with Crippen LogP contribution >= 0.6 is 11.6 Å². The van der Waals surface area contributed by atoms with Crippen molar-refractivity contribution in [1.82, 2.24) is 5.32 Å². The fraction of sp³-hybridized carbons (Fsp3) is 0.417. The van der Waals surface area contributed by atoms with Crippen molar-refractivity contribution in [1.29, 1.82) is 0 Å². The van der Waals surface area contributed by atoms with Gasteiger partial charge in [0.1, 0.15) is 0 Å². The number of unbranched alkanes of at least 4 members (excludes halogenated alkanes) is 1. The van der Waals surface area contributed by atoms with Crippen molar-refractivity contribution in [3.63, 3.8) is 0 Å². The van der Waals surface area contributed by atoms with Crippen LogP contribution in [0.25, 0.3) is 0 Å². The van der Waals surface area contributed by atoms with Gasteiger partial charge in [-0.3, -0.25) is 4.79 Å². The van der Waals surface area contributed by atoms with Crippen molar-refractivity contribution in [2.75, 3.05) is 6.61 Å². The van der Waals surface area contributed by atoms with Gasteiger partial charge in [-0.25, -0.2) is 0 Å². The predicted octanol–water partition coefficient (Wildman–Crippen LogP) is 2.12. The number of aliphatic hydroxyl groups is 1. The van der Waals surface area contributed by atoms with Gasteiger partial charge in [-0.05, 0) is 30.5 Å². The lowest BCUT2D eigenvalue weighted by atomic mass is 10.2. The summed E-state index contributed by atoms with van der Waals surface area (Å²) in [5.41, 5.74) is 1.03. The first-order chi connectivity index (χ1) is 7.72. The SMILES string of the molecule is O=C(CCCCO)NCc1ccc(Cl)cc1. The molecule has 0 unspecified atom stereocenters. The number of carbonyl (C=O) groups is 1. The molecule has 0 saturated carbocycles. The minimum Gasteiger partial charge on any atom is -0.396 e. The summed E-state index contributed by atoms with van der Waals surface area (Å²) in [5.74, 6) is 0.0170. The van der Waals surface area contributed by atoms with Gasteiger partial charge in [0.25, 0.3) is 0 Å². The summed E-state index contributed by atoms with van der Waals surface area (Å²) in [4.78, 5) is 11.3. The second-order valence-corrected chi connectivity index (χ2v) is 4.02. The van der Waals surface area contributed by atoms with E-state index in [4.69, 9.17) is 16.7 Å². The fourth-order valence-electron chi connectivity index (χ4n) is 1.29. The Hall–Kier alpha value is -1.06. The topological polar surface area (TPSA) is 49.3 Å². The monoisotopic (exact) mass is 241 g/mol. The molecule has 1 aromatic rings. The Balaban J connectivity index is 2.23. The number of amides is 1. The molecule has 0 fully saturated rings. The number of nitrogens with one attached hydrogen (secondary N) is 1. The average molecular weight is 242 g/mol. The molecule has 2 N–H and O–H groups in total. The lowest BCUT2D eigenvalue weighted by Crippen LogP contribution is -2.22. The van der Waals surface area contributed by atoms with Crippen LogP contribution < -0.4 is 5.32 Å². The molecule has 0 aliphatic carbocycles. The summed E-state index contributed by atoms with van der Waals surface area (Å²) < 4.78 is 0. The normalized spacial score (nSPS) is 10.1. The Morgan fingerprint density at radius 1 is 1.25 bits per heavy atom. The van der Waals surface area contributed by atoms with Gasteiger partial charge in [-0.2, -0.15) is 0 Å². The molecule has 0 aliphatic rings. The van der Waals surface area contributed by atoms with E-state index in [1.165, 1.54) is 0 Å². The number of hydrogen-bond acceptors (Lipinski definition) is 2. The molecule has 0 heterocycles. The van der Waals surface area contributed by atoms with Gasteiger partial charge in [0.05, 0.1) is 0 Å². The Labute approximate surface area is 100 Å². The van der Waals surface area contributed by atoms with Gasteiger partial charge >= 0.3 is 0 Å². The summed E-state index contributed by atoms with van der Waals surface area (Å²) >= 11 is 5.75. The van der Waals surface area contributed by atoms with Crippen LogP contribution in [0.15, 0.2) is 24.3 Å². The van der Waals surface area contributed by atoms with E-state index in [0.29, 0.717) is 24.4 Å². The van der Waals surface area contributed by atoms with Gasteiger partial charge < -0.3 is 10.4 Å². The van der Waals surface area contributed by atoms with Crippen molar-refractivity contribution in [2.45, 2.75) is 25.8 Å². The highest BCUT2D eigenvalue weighted by atomic mass is 35.5. The summed E-state index contributed by atoms with van der Waals surface area (Å²) in [6, 6.07) is 7.37. The smallest absolute Gasteiger partial charge is 0.220 e. The third-order valence-corrected chi connectivity index (χ3v) is 2.47. The largest absolute Gasteiger partial charge is 0.396 e. The molecule has 0 bridgehead atoms.